The van der Waals surface area contributed by atoms with Gasteiger partial charge in [0.15, 0.2) is 22.4 Å². The number of carbonyl (C=O) groups excluding carboxylic acids is 2. The smallest absolute Gasteiger partial charge is 0.303 e. The number of Topliss-reactive ketones (excluding diaryl/α,β-unsaturated/α-hetero) is 1. The van der Waals surface area contributed by atoms with Gasteiger partial charge in [0.2, 0.25) is 0 Å². The second kappa shape index (κ2) is 7.88. The van der Waals surface area contributed by atoms with Gasteiger partial charge in [0.25, 0.3) is 15.9 Å². The molecule has 1 aliphatic rings. The Bertz CT molecular complexity index is 1200. The lowest BCUT2D eigenvalue weighted by Crippen LogP contribution is -2.37. The maximum Gasteiger partial charge on any atom is 0.303 e. The van der Waals surface area contributed by atoms with Gasteiger partial charge in [-0.2, -0.15) is 0 Å². The molecule has 0 radical (unpaired) electrons. The number of benzene rings is 1. The Labute approximate surface area is 175 Å². The summed E-state index contributed by atoms with van der Waals surface area (Å²) >= 11 is 1.19. The highest BCUT2D eigenvalue weighted by molar-refractivity contribution is 7.89. The highest BCUT2D eigenvalue weighted by Crippen LogP contribution is 2.36. The van der Waals surface area contributed by atoms with E-state index in [-0.39, 0.29) is 27.6 Å². The van der Waals surface area contributed by atoms with E-state index in [1.165, 1.54) is 29.7 Å². The number of rotatable bonds is 6. The molecule has 0 bridgehead atoms. The predicted octanol–water partition coefficient (Wildman–Crippen LogP) is 2.00. The number of anilines is 1. The number of ketones is 1. The van der Waals surface area contributed by atoms with E-state index >= 15 is 0 Å². The van der Waals surface area contributed by atoms with Crippen LogP contribution in [-0.4, -0.2) is 52.6 Å². The monoisotopic (exact) mass is 451 g/mol. The van der Waals surface area contributed by atoms with Gasteiger partial charge in [-0.1, -0.05) is 6.07 Å². The molecule has 1 aromatic carbocycles. The van der Waals surface area contributed by atoms with Crippen molar-refractivity contribution in [2.24, 2.45) is 0 Å². The molecular formula is C18H17N3O7S2. The average molecular weight is 451 g/mol. The molecule has 30 heavy (non-hydrogen) atoms. The van der Waals surface area contributed by atoms with Crippen molar-refractivity contribution >= 4 is 49.9 Å². The molecule has 1 aromatic heterocycles. The van der Waals surface area contributed by atoms with Gasteiger partial charge >= 0.3 is 5.97 Å². The highest BCUT2D eigenvalue weighted by Gasteiger charge is 2.38. The number of aliphatic hydroxyl groups is 1. The molecule has 0 atom stereocenters. The molecule has 2 heterocycles. The van der Waals surface area contributed by atoms with E-state index in [1.807, 2.05) is 0 Å². The average Bonchev–Trinajstić information content (AvgIpc) is 3.09. The first-order valence-corrected chi connectivity index (χ1v) is 10.8. The van der Waals surface area contributed by atoms with Crippen molar-refractivity contribution in [2.75, 3.05) is 12.4 Å². The standard InChI is InChI=1S/C18H17N3O7S2/c1-9-8-19-18(29-9)20-17(26)15-16(25)11-4-3-10(12(22)5-6-14(23)24)7-13(11)30(27,28)21(15)2/h3-4,7-8,25H,5-6H2,1-2H3,(H,23,24)(H,19,20,26). The van der Waals surface area contributed by atoms with Gasteiger partial charge in [0.1, 0.15) is 0 Å². The number of amides is 1. The molecule has 3 N–H and O–H groups in total. The molecule has 158 valence electrons. The number of thiazole rings is 1. The Balaban J connectivity index is 2.01. The van der Waals surface area contributed by atoms with Crippen LogP contribution in [0.1, 0.15) is 33.6 Å². The lowest BCUT2D eigenvalue weighted by Gasteiger charge is -2.28. The largest absolute Gasteiger partial charge is 0.505 e. The number of carboxylic acid groups (broad SMARTS) is 1. The zero-order valence-electron chi connectivity index (χ0n) is 15.9. The van der Waals surface area contributed by atoms with Crippen molar-refractivity contribution in [2.45, 2.75) is 24.7 Å². The van der Waals surface area contributed by atoms with Gasteiger partial charge in [-0.15, -0.1) is 11.3 Å². The SMILES string of the molecule is Cc1cnc(NC(=O)C2=C(O)c3ccc(C(=O)CCC(=O)O)cc3S(=O)(=O)N2C)s1. The number of carbonyl (C=O) groups is 3. The minimum Gasteiger partial charge on any atom is -0.505 e. The second-order valence-electron chi connectivity index (χ2n) is 6.43. The van der Waals surface area contributed by atoms with Crippen LogP contribution in [0.15, 0.2) is 35.0 Å². The summed E-state index contributed by atoms with van der Waals surface area (Å²) in [6, 6.07) is 3.56. The molecular weight excluding hydrogens is 434 g/mol. The molecule has 1 amide bonds. The van der Waals surface area contributed by atoms with Crippen LogP contribution in [0.2, 0.25) is 0 Å². The molecule has 0 aliphatic carbocycles. The minimum absolute atomic E-state index is 0.00839. The maximum absolute atomic E-state index is 12.9. The van der Waals surface area contributed by atoms with E-state index in [0.29, 0.717) is 4.31 Å². The summed E-state index contributed by atoms with van der Waals surface area (Å²) in [7, 11) is -3.15. The minimum atomic E-state index is -4.25. The summed E-state index contributed by atoms with van der Waals surface area (Å²) in [4.78, 5) is 39.9. The van der Waals surface area contributed by atoms with Crippen molar-refractivity contribution in [3.8, 4) is 0 Å². The molecule has 0 unspecified atom stereocenters. The molecule has 3 rings (SSSR count). The van der Waals surface area contributed by atoms with Gasteiger partial charge in [-0.25, -0.2) is 13.4 Å². The Morgan fingerprint density at radius 1 is 1.23 bits per heavy atom. The number of aliphatic carboxylic acids is 1. The number of aromatic nitrogens is 1. The Hall–Kier alpha value is -3.25. The Kier molecular flexibility index (Phi) is 5.63. The van der Waals surface area contributed by atoms with E-state index in [2.05, 4.69) is 10.3 Å². The molecule has 0 saturated heterocycles. The van der Waals surface area contributed by atoms with Crippen molar-refractivity contribution in [3.05, 3.63) is 46.1 Å². The van der Waals surface area contributed by atoms with Crippen LogP contribution in [0.25, 0.3) is 5.76 Å². The van der Waals surface area contributed by atoms with Gasteiger partial charge in [0.05, 0.1) is 11.3 Å². The number of aryl methyl sites for hydroxylation is 1. The summed E-state index contributed by atoms with van der Waals surface area (Å²) in [6.07, 6.45) is 0.842. The molecule has 0 saturated carbocycles. The van der Waals surface area contributed by atoms with E-state index in [9.17, 15) is 27.9 Å². The molecule has 10 nitrogen and oxygen atoms in total. The number of fused-ring (bicyclic) bond motifs is 1. The van der Waals surface area contributed by atoms with Crippen molar-refractivity contribution in [1.29, 1.82) is 0 Å². The van der Waals surface area contributed by atoms with Crippen molar-refractivity contribution < 1.29 is 33.0 Å². The molecule has 0 spiro atoms. The zero-order chi connectivity index (χ0) is 22.2. The van der Waals surface area contributed by atoms with Crippen molar-refractivity contribution in [1.82, 2.24) is 9.29 Å². The predicted molar refractivity (Wildman–Crippen MR) is 108 cm³/mol. The van der Waals surface area contributed by atoms with E-state index in [4.69, 9.17) is 5.11 Å². The van der Waals surface area contributed by atoms with Crippen LogP contribution in [0.3, 0.4) is 0 Å². The fourth-order valence-electron chi connectivity index (χ4n) is 2.83. The van der Waals surface area contributed by atoms with E-state index < -0.39 is 45.6 Å². The van der Waals surface area contributed by atoms with Crippen LogP contribution in [0.5, 0.6) is 0 Å². The fraction of sp³-hybridized carbons (Fsp3) is 0.222. The van der Waals surface area contributed by atoms with Crippen LogP contribution >= 0.6 is 11.3 Å². The second-order valence-corrected chi connectivity index (χ2v) is 9.60. The van der Waals surface area contributed by atoms with Gasteiger partial charge in [-0.05, 0) is 19.1 Å². The summed E-state index contributed by atoms with van der Waals surface area (Å²) in [5.41, 5.74) is -0.630. The Morgan fingerprint density at radius 2 is 1.93 bits per heavy atom. The van der Waals surface area contributed by atoms with E-state index in [1.54, 1.807) is 6.92 Å². The lowest BCUT2D eigenvalue weighted by atomic mass is 10.0. The first kappa shape index (κ1) is 21.5. The Morgan fingerprint density at radius 3 is 2.53 bits per heavy atom. The summed E-state index contributed by atoms with van der Waals surface area (Å²) in [5.74, 6) is -3.14. The third kappa shape index (κ3) is 3.91. The molecule has 12 heteroatoms. The van der Waals surface area contributed by atoms with Crippen LogP contribution in [0.4, 0.5) is 5.13 Å². The molecule has 1 aliphatic heterocycles. The number of hydrogen-bond donors (Lipinski definition) is 3. The highest BCUT2D eigenvalue weighted by atomic mass is 32.2. The van der Waals surface area contributed by atoms with Crippen molar-refractivity contribution in [3.63, 3.8) is 0 Å². The third-order valence-corrected chi connectivity index (χ3v) is 6.98. The maximum atomic E-state index is 12.9. The summed E-state index contributed by atoms with van der Waals surface area (Å²) in [6.45, 7) is 1.78. The van der Waals surface area contributed by atoms with Gasteiger partial charge in [0, 0.05) is 35.7 Å². The summed E-state index contributed by atoms with van der Waals surface area (Å²) in [5, 5.41) is 22.0. The number of sulfonamides is 1. The van der Waals surface area contributed by atoms with Gasteiger partial charge < -0.3 is 10.2 Å². The third-order valence-electron chi connectivity index (χ3n) is 4.36. The first-order chi connectivity index (χ1) is 14.0. The lowest BCUT2D eigenvalue weighted by molar-refractivity contribution is -0.137. The number of carboxylic acids is 1. The summed E-state index contributed by atoms with van der Waals surface area (Å²) < 4.78 is 26.5. The first-order valence-electron chi connectivity index (χ1n) is 8.57. The number of likely N-dealkylation sites (N-methyl/N-ethyl adjacent to an activating group) is 1. The number of aliphatic hydroxyl groups excluding tert-OH is 1. The number of hydrogen-bond acceptors (Lipinski definition) is 8. The normalized spacial score (nSPS) is 14.9. The van der Waals surface area contributed by atoms with Crippen LogP contribution < -0.4 is 5.32 Å². The van der Waals surface area contributed by atoms with Crippen LogP contribution in [-0.2, 0) is 19.6 Å². The quantitative estimate of drug-likeness (QED) is 0.564. The molecule has 2 aromatic rings. The van der Waals surface area contributed by atoms with Gasteiger partial charge in [-0.3, -0.25) is 24.0 Å². The molecule has 0 fully saturated rings. The number of nitrogens with one attached hydrogen (secondary N) is 1. The number of nitrogens with zero attached hydrogens (tertiary/aromatic N) is 2. The topological polar surface area (TPSA) is 154 Å². The zero-order valence-corrected chi connectivity index (χ0v) is 17.5. The van der Waals surface area contributed by atoms with Crippen LogP contribution in [0, 0.1) is 6.92 Å². The van der Waals surface area contributed by atoms with E-state index in [0.717, 1.165) is 18.0 Å². The fourth-order valence-corrected chi connectivity index (χ4v) is 4.92.